The van der Waals surface area contributed by atoms with Crippen molar-refractivity contribution in [3.63, 3.8) is 0 Å². The maximum atomic E-state index is 12.4. The summed E-state index contributed by atoms with van der Waals surface area (Å²) in [6.07, 6.45) is -0.769. The van der Waals surface area contributed by atoms with Gasteiger partial charge in [0.2, 0.25) is 5.75 Å². The van der Waals surface area contributed by atoms with Gasteiger partial charge in [0, 0.05) is 12.1 Å². The lowest BCUT2D eigenvalue weighted by molar-refractivity contribution is 0.0914. The van der Waals surface area contributed by atoms with Crippen LogP contribution in [0.3, 0.4) is 0 Å². The van der Waals surface area contributed by atoms with E-state index < -0.39 is 6.10 Å². The van der Waals surface area contributed by atoms with E-state index in [9.17, 15) is 9.90 Å². The van der Waals surface area contributed by atoms with Crippen molar-refractivity contribution < 1.29 is 24.1 Å². The molecule has 0 aromatic heterocycles. The molecule has 2 N–H and O–H groups in total. The van der Waals surface area contributed by atoms with Crippen LogP contribution < -0.4 is 19.5 Å². The molecule has 1 amide bonds. The molecule has 0 spiro atoms. The van der Waals surface area contributed by atoms with Gasteiger partial charge < -0.3 is 24.6 Å². The lowest BCUT2D eigenvalue weighted by Crippen LogP contribution is -2.28. The fourth-order valence-electron chi connectivity index (χ4n) is 2.49. The number of hydrogen-bond acceptors (Lipinski definition) is 5. The molecule has 1 heterocycles. The van der Waals surface area contributed by atoms with Crippen LogP contribution in [0.4, 0.5) is 0 Å². The number of amides is 1. The molecule has 0 saturated carbocycles. The van der Waals surface area contributed by atoms with E-state index in [2.05, 4.69) is 5.32 Å². The van der Waals surface area contributed by atoms with Gasteiger partial charge in [-0.2, -0.15) is 0 Å². The Morgan fingerprint density at radius 3 is 2.75 bits per heavy atom. The highest BCUT2D eigenvalue weighted by molar-refractivity contribution is 5.95. The average molecular weight is 329 g/mol. The molecule has 1 unspecified atom stereocenters. The summed E-state index contributed by atoms with van der Waals surface area (Å²) < 4.78 is 16.3. The lowest BCUT2D eigenvalue weighted by Gasteiger charge is -2.21. The molecule has 1 aliphatic heterocycles. The first-order valence-electron chi connectivity index (χ1n) is 7.68. The van der Waals surface area contributed by atoms with Crippen molar-refractivity contribution in [2.75, 3.05) is 26.9 Å². The smallest absolute Gasteiger partial charge is 0.251 e. The van der Waals surface area contributed by atoms with Gasteiger partial charge in [-0.3, -0.25) is 4.79 Å². The van der Waals surface area contributed by atoms with E-state index >= 15 is 0 Å². The quantitative estimate of drug-likeness (QED) is 0.876. The molecule has 1 aliphatic rings. The van der Waals surface area contributed by atoms with Crippen LogP contribution in [0.25, 0.3) is 0 Å². The largest absolute Gasteiger partial charge is 0.493 e. The molecule has 126 valence electrons. The van der Waals surface area contributed by atoms with Crippen LogP contribution in [0, 0.1) is 0 Å². The topological polar surface area (TPSA) is 77.0 Å². The number of aliphatic hydroxyl groups is 1. The van der Waals surface area contributed by atoms with E-state index in [-0.39, 0.29) is 12.5 Å². The molecule has 24 heavy (non-hydrogen) atoms. The summed E-state index contributed by atoms with van der Waals surface area (Å²) in [7, 11) is 1.51. The maximum absolute atomic E-state index is 12.4. The van der Waals surface area contributed by atoms with Gasteiger partial charge in [0.1, 0.15) is 13.2 Å². The monoisotopic (exact) mass is 329 g/mol. The normalized spacial score (nSPS) is 13.9. The Morgan fingerprint density at radius 1 is 1.25 bits per heavy atom. The highest BCUT2D eigenvalue weighted by Crippen LogP contribution is 2.40. The van der Waals surface area contributed by atoms with Gasteiger partial charge >= 0.3 is 0 Å². The van der Waals surface area contributed by atoms with E-state index in [1.54, 1.807) is 12.1 Å². The Morgan fingerprint density at radius 2 is 2.00 bits per heavy atom. The van der Waals surface area contributed by atoms with E-state index in [0.717, 1.165) is 5.56 Å². The Bertz CT molecular complexity index is 700. The molecule has 0 aliphatic carbocycles. The molecule has 2 aromatic carbocycles. The Hall–Kier alpha value is -2.73. The van der Waals surface area contributed by atoms with Crippen molar-refractivity contribution >= 4 is 5.91 Å². The van der Waals surface area contributed by atoms with Gasteiger partial charge in [0.05, 0.1) is 13.2 Å². The third-order valence-corrected chi connectivity index (χ3v) is 3.73. The fraction of sp³-hybridized carbons (Fsp3) is 0.278. The second-order valence-electron chi connectivity index (χ2n) is 5.34. The molecule has 0 radical (unpaired) electrons. The molecule has 0 bridgehead atoms. The summed E-state index contributed by atoms with van der Waals surface area (Å²) in [6.45, 7) is 0.978. The number of ether oxygens (including phenoxy) is 3. The molecule has 2 aromatic rings. The van der Waals surface area contributed by atoms with Crippen molar-refractivity contribution in [2.24, 2.45) is 0 Å². The first-order valence-corrected chi connectivity index (χ1v) is 7.68. The predicted molar refractivity (Wildman–Crippen MR) is 87.7 cm³/mol. The summed E-state index contributed by atoms with van der Waals surface area (Å²) in [6, 6.07) is 12.4. The zero-order valence-electron chi connectivity index (χ0n) is 13.3. The highest BCUT2D eigenvalue weighted by atomic mass is 16.6. The zero-order valence-corrected chi connectivity index (χ0v) is 13.3. The lowest BCUT2D eigenvalue weighted by atomic mass is 10.1. The predicted octanol–water partition coefficient (Wildman–Crippen LogP) is 1.93. The number of hydrogen-bond donors (Lipinski definition) is 2. The van der Waals surface area contributed by atoms with Crippen LogP contribution in [0.15, 0.2) is 42.5 Å². The number of nitrogens with one attached hydrogen (secondary N) is 1. The van der Waals surface area contributed by atoms with Crippen LogP contribution in [-0.4, -0.2) is 37.9 Å². The van der Waals surface area contributed by atoms with Crippen molar-refractivity contribution in [3.8, 4) is 17.2 Å². The van der Waals surface area contributed by atoms with Crippen LogP contribution >= 0.6 is 0 Å². The molecule has 6 nitrogen and oxygen atoms in total. The standard InChI is InChI=1S/C18H19NO5/c1-22-15-9-13(10-16-17(15)24-8-7-23-16)18(21)19-11-14(20)12-5-3-2-4-6-12/h2-6,9-10,14,20H,7-8,11H2,1H3,(H,19,21). The average Bonchev–Trinajstić information content (AvgIpc) is 2.65. The van der Waals surface area contributed by atoms with Crippen LogP contribution in [0.2, 0.25) is 0 Å². The first kappa shape index (κ1) is 16.1. The van der Waals surface area contributed by atoms with Gasteiger partial charge in [-0.15, -0.1) is 0 Å². The number of benzene rings is 2. The van der Waals surface area contributed by atoms with Crippen LogP contribution in [-0.2, 0) is 0 Å². The third kappa shape index (κ3) is 3.44. The number of rotatable bonds is 5. The summed E-state index contributed by atoms with van der Waals surface area (Å²) in [5, 5.41) is 12.8. The molecular weight excluding hydrogens is 310 g/mol. The number of carbonyl (C=O) groups excluding carboxylic acids is 1. The summed E-state index contributed by atoms with van der Waals surface area (Å²) >= 11 is 0. The molecule has 1 atom stereocenters. The molecule has 0 fully saturated rings. The van der Waals surface area contributed by atoms with Crippen LogP contribution in [0.1, 0.15) is 22.0 Å². The summed E-state index contributed by atoms with van der Waals surface area (Å²) in [4.78, 5) is 12.4. The van der Waals surface area contributed by atoms with Crippen molar-refractivity contribution in [2.45, 2.75) is 6.10 Å². The van der Waals surface area contributed by atoms with Crippen molar-refractivity contribution in [1.29, 1.82) is 0 Å². The minimum absolute atomic E-state index is 0.111. The van der Waals surface area contributed by atoms with E-state index in [0.29, 0.717) is 36.0 Å². The van der Waals surface area contributed by atoms with Gasteiger partial charge in [-0.25, -0.2) is 0 Å². The summed E-state index contributed by atoms with van der Waals surface area (Å²) in [5.41, 5.74) is 1.13. The van der Waals surface area contributed by atoms with Gasteiger partial charge in [-0.1, -0.05) is 30.3 Å². The SMILES string of the molecule is COc1cc(C(=O)NCC(O)c2ccccc2)cc2c1OCCO2. The van der Waals surface area contributed by atoms with E-state index in [1.807, 2.05) is 30.3 Å². The minimum atomic E-state index is -0.769. The Balaban J connectivity index is 1.71. The highest BCUT2D eigenvalue weighted by Gasteiger charge is 2.21. The first-order chi connectivity index (χ1) is 11.7. The number of carbonyl (C=O) groups is 1. The number of aliphatic hydroxyl groups excluding tert-OH is 1. The summed E-state index contributed by atoms with van der Waals surface area (Å²) in [5.74, 6) is 1.11. The van der Waals surface area contributed by atoms with Gasteiger partial charge in [0.15, 0.2) is 11.5 Å². The Labute approximate surface area is 140 Å². The van der Waals surface area contributed by atoms with Crippen LogP contribution in [0.5, 0.6) is 17.2 Å². The Kier molecular flexibility index (Phi) is 4.86. The fourth-order valence-corrected chi connectivity index (χ4v) is 2.49. The van der Waals surface area contributed by atoms with Crippen molar-refractivity contribution in [3.05, 3.63) is 53.6 Å². The molecule has 3 rings (SSSR count). The third-order valence-electron chi connectivity index (χ3n) is 3.73. The van der Waals surface area contributed by atoms with Crippen molar-refractivity contribution in [1.82, 2.24) is 5.32 Å². The van der Waals surface area contributed by atoms with E-state index in [1.165, 1.54) is 7.11 Å². The molecule has 6 heteroatoms. The van der Waals surface area contributed by atoms with E-state index in [4.69, 9.17) is 14.2 Å². The zero-order chi connectivity index (χ0) is 16.9. The number of methoxy groups -OCH3 is 1. The second kappa shape index (κ2) is 7.23. The van der Waals surface area contributed by atoms with Gasteiger partial charge in [-0.05, 0) is 17.7 Å². The second-order valence-corrected chi connectivity index (χ2v) is 5.34. The molecular formula is C18H19NO5. The number of fused-ring (bicyclic) bond motifs is 1. The maximum Gasteiger partial charge on any atom is 0.251 e. The molecule has 0 saturated heterocycles. The minimum Gasteiger partial charge on any atom is -0.493 e. The van der Waals surface area contributed by atoms with Gasteiger partial charge in [0.25, 0.3) is 5.91 Å².